The van der Waals surface area contributed by atoms with Crippen LogP contribution >= 0.6 is 23.2 Å². The molecule has 0 spiro atoms. The molecule has 1 heterocycles. The molecule has 2 aromatic rings. The van der Waals surface area contributed by atoms with Gasteiger partial charge < -0.3 is 10.6 Å². The van der Waals surface area contributed by atoms with Crippen LogP contribution in [0.3, 0.4) is 0 Å². The number of benzene rings is 1. The lowest BCUT2D eigenvalue weighted by molar-refractivity contribution is 0.992. The normalized spacial score (nSPS) is 10.4. The summed E-state index contributed by atoms with van der Waals surface area (Å²) >= 11 is 12.0. The second-order valence-corrected chi connectivity index (χ2v) is 5.20. The van der Waals surface area contributed by atoms with E-state index in [4.69, 9.17) is 23.2 Å². The van der Waals surface area contributed by atoms with Gasteiger partial charge in [-0.2, -0.15) is 0 Å². The van der Waals surface area contributed by atoms with E-state index in [-0.39, 0.29) is 0 Å². The first-order valence-corrected chi connectivity index (χ1v) is 7.04. The van der Waals surface area contributed by atoms with E-state index in [1.54, 1.807) is 6.07 Å². The van der Waals surface area contributed by atoms with Crippen LogP contribution in [0.25, 0.3) is 0 Å². The summed E-state index contributed by atoms with van der Waals surface area (Å²) in [4.78, 5) is 8.39. The first kappa shape index (κ1) is 14.9. The van der Waals surface area contributed by atoms with Crippen molar-refractivity contribution in [1.82, 2.24) is 9.97 Å². The molecular formula is C14H16Cl2N4. The van der Waals surface area contributed by atoms with Gasteiger partial charge in [0.1, 0.15) is 18.0 Å². The van der Waals surface area contributed by atoms with Gasteiger partial charge in [0, 0.05) is 29.2 Å². The third-order valence-electron chi connectivity index (χ3n) is 3.02. The number of aromatic nitrogens is 2. The van der Waals surface area contributed by atoms with Crippen molar-refractivity contribution in [3.05, 3.63) is 45.7 Å². The molecule has 0 fully saturated rings. The molecule has 0 radical (unpaired) electrons. The SMILES string of the molecule is CNc1ncnc(NCCc2ccc(Cl)cc2Cl)c1C. The molecule has 2 rings (SSSR count). The Hall–Kier alpha value is -1.52. The first-order valence-electron chi connectivity index (χ1n) is 6.29. The lowest BCUT2D eigenvalue weighted by Crippen LogP contribution is -2.09. The van der Waals surface area contributed by atoms with E-state index in [0.29, 0.717) is 10.0 Å². The van der Waals surface area contributed by atoms with Gasteiger partial charge in [0.05, 0.1) is 0 Å². The number of nitrogens with one attached hydrogen (secondary N) is 2. The van der Waals surface area contributed by atoms with Crippen LogP contribution in [0.4, 0.5) is 11.6 Å². The fourth-order valence-electron chi connectivity index (χ4n) is 1.92. The Balaban J connectivity index is 1.99. The minimum Gasteiger partial charge on any atom is -0.373 e. The minimum absolute atomic E-state index is 0.650. The number of anilines is 2. The molecule has 0 saturated heterocycles. The van der Waals surface area contributed by atoms with Gasteiger partial charge in [0.2, 0.25) is 0 Å². The molecule has 0 unspecified atom stereocenters. The topological polar surface area (TPSA) is 49.8 Å². The standard InChI is InChI=1S/C14H16Cl2N4/c1-9-13(17-2)19-8-20-14(9)18-6-5-10-3-4-11(15)7-12(10)16/h3-4,7-8H,5-6H2,1-2H3,(H2,17,18,19,20). The van der Waals surface area contributed by atoms with Crippen molar-refractivity contribution in [2.45, 2.75) is 13.3 Å². The number of rotatable bonds is 5. The van der Waals surface area contributed by atoms with Gasteiger partial charge in [-0.15, -0.1) is 0 Å². The van der Waals surface area contributed by atoms with Crippen LogP contribution in [-0.2, 0) is 6.42 Å². The van der Waals surface area contributed by atoms with E-state index in [9.17, 15) is 0 Å². The number of hydrogen-bond donors (Lipinski definition) is 2. The van der Waals surface area contributed by atoms with E-state index >= 15 is 0 Å². The average molecular weight is 311 g/mol. The average Bonchev–Trinajstić information content (AvgIpc) is 2.43. The summed E-state index contributed by atoms with van der Waals surface area (Å²) in [6.45, 7) is 2.71. The van der Waals surface area contributed by atoms with Gasteiger partial charge in [-0.25, -0.2) is 9.97 Å². The van der Waals surface area contributed by atoms with Gasteiger partial charge in [-0.3, -0.25) is 0 Å². The zero-order valence-electron chi connectivity index (χ0n) is 11.4. The zero-order chi connectivity index (χ0) is 14.5. The molecule has 1 aromatic heterocycles. The molecule has 20 heavy (non-hydrogen) atoms. The molecule has 0 bridgehead atoms. The van der Waals surface area contributed by atoms with E-state index in [1.165, 1.54) is 6.33 Å². The molecule has 0 saturated carbocycles. The fourth-order valence-corrected chi connectivity index (χ4v) is 2.42. The van der Waals surface area contributed by atoms with Crippen molar-refractivity contribution >= 4 is 34.8 Å². The summed E-state index contributed by atoms with van der Waals surface area (Å²) in [7, 11) is 1.84. The Bertz CT molecular complexity index is 602. The maximum absolute atomic E-state index is 6.14. The maximum atomic E-state index is 6.14. The predicted molar refractivity (Wildman–Crippen MR) is 85.0 cm³/mol. The van der Waals surface area contributed by atoms with Gasteiger partial charge >= 0.3 is 0 Å². The first-order chi connectivity index (χ1) is 9.61. The molecule has 0 aliphatic heterocycles. The molecule has 4 nitrogen and oxygen atoms in total. The van der Waals surface area contributed by atoms with Crippen LogP contribution in [0.5, 0.6) is 0 Å². The Morgan fingerprint density at radius 3 is 2.60 bits per heavy atom. The molecule has 106 valence electrons. The third kappa shape index (κ3) is 3.52. The summed E-state index contributed by atoms with van der Waals surface area (Å²) < 4.78 is 0. The van der Waals surface area contributed by atoms with Crippen LogP contribution in [0.1, 0.15) is 11.1 Å². The third-order valence-corrected chi connectivity index (χ3v) is 3.61. The van der Waals surface area contributed by atoms with Crippen molar-refractivity contribution in [3.63, 3.8) is 0 Å². The molecule has 0 aliphatic rings. The smallest absolute Gasteiger partial charge is 0.134 e. The number of nitrogens with zero attached hydrogens (tertiary/aromatic N) is 2. The molecule has 0 atom stereocenters. The minimum atomic E-state index is 0.650. The van der Waals surface area contributed by atoms with E-state index < -0.39 is 0 Å². The van der Waals surface area contributed by atoms with Crippen molar-refractivity contribution in [2.24, 2.45) is 0 Å². The van der Waals surface area contributed by atoms with Crippen LogP contribution < -0.4 is 10.6 Å². The lowest BCUT2D eigenvalue weighted by atomic mass is 10.1. The monoisotopic (exact) mass is 310 g/mol. The number of hydrogen-bond acceptors (Lipinski definition) is 4. The second kappa shape index (κ2) is 6.77. The largest absolute Gasteiger partial charge is 0.373 e. The summed E-state index contributed by atoms with van der Waals surface area (Å²) in [6, 6.07) is 5.55. The van der Waals surface area contributed by atoms with E-state index in [1.807, 2.05) is 26.1 Å². The van der Waals surface area contributed by atoms with E-state index in [2.05, 4.69) is 20.6 Å². The van der Waals surface area contributed by atoms with Crippen molar-refractivity contribution in [2.75, 3.05) is 24.2 Å². The lowest BCUT2D eigenvalue weighted by Gasteiger charge is -2.11. The highest BCUT2D eigenvalue weighted by molar-refractivity contribution is 6.35. The fraction of sp³-hybridized carbons (Fsp3) is 0.286. The summed E-state index contributed by atoms with van der Waals surface area (Å²) in [5.74, 6) is 1.65. The second-order valence-electron chi connectivity index (χ2n) is 4.36. The highest BCUT2D eigenvalue weighted by atomic mass is 35.5. The van der Waals surface area contributed by atoms with Gasteiger partial charge in [-0.1, -0.05) is 29.3 Å². The van der Waals surface area contributed by atoms with Crippen LogP contribution in [0.2, 0.25) is 10.0 Å². The Kier molecular flexibility index (Phi) is 5.04. The summed E-state index contributed by atoms with van der Waals surface area (Å²) in [5.41, 5.74) is 2.06. The predicted octanol–water partition coefficient (Wildman–Crippen LogP) is 3.79. The molecule has 1 aromatic carbocycles. The molecule has 2 N–H and O–H groups in total. The van der Waals surface area contributed by atoms with Crippen molar-refractivity contribution in [3.8, 4) is 0 Å². The highest BCUT2D eigenvalue weighted by Crippen LogP contribution is 2.22. The van der Waals surface area contributed by atoms with Crippen LogP contribution in [0, 0.1) is 6.92 Å². The van der Waals surface area contributed by atoms with Gasteiger partial charge in [0.25, 0.3) is 0 Å². The van der Waals surface area contributed by atoms with Gasteiger partial charge in [0.15, 0.2) is 0 Å². The molecule has 0 aliphatic carbocycles. The van der Waals surface area contributed by atoms with Crippen LogP contribution in [0.15, 0.2) is 24.5 Å². The Labute approximate surface area is 128 Å². The molecule has 0 amide bonds. The van der Waals surface area contributed by atoms with Crippen molar-refractivity contribution < 1.29 is 0 Å². The van der Waals surface area contributed by atoms with Crippen LogP contribution in [-0.4, -0.2) is 23.6 Å². The zero-order valence-corrected chi connectivity index (χ0v) is 12.9. The van der Waals surface area contributed by atoms with E-state index in [0.717, 1.165) is 35.7 Å². The Morgan fingerprint density at radius 1 is 1.15 bits per heavy atom. The molecular weight excluding hydrogens is 295 g/mol. The summed E-state index contributed by atoms with van der Waals surface area (Å²) in [6.07, 6.45) is 2.34. The molecule has 6 heteroatoms. The van der Waals surface area contributed by atoms with Crippen molar-refractivity contribution in [1.29, 1.82) is 0 Å². The summed E-state index contributed by atoms with van der Waals surface area (Å²) in [5, 5.41) is 7.67. The van der Waals surface area contributed by atoms with Gasteiger partial charge in [-0.05, 0) is 31.0 Å². The number of halogens is 2. The highest BCUT2D eigenvalue weighted by Gasteiger charge is 2.06. The quantitative estimate of drug-likeness (QED) is 0.882. The Morgan fingerprint density at radius 2 is 1.90 bits per heavy atom. The maximum Gasteiger partial charge on any atom is 0.134 e.